The maximum atomic E-state index is 14.5. The number of rotatable bonds is 9. The van der Waals surface area contributed by atoms with Crippen LogP contribution < -0.4 is 0 Å². The first kappa shape index (κ1) is 34.4. The summed E-state index contributed by atoms with van der Waals surface area (Å²) in [5.41, 5.74) is -5.11. The fraction of sp³-hybridized carbons (Fsp3) is 0.639. The summed E-state index contributed by atoms with van der Waals surface area (Å²) in [7, 11) is 4.34. The Morgan fingerprint density at radius 3 is 2.20 bits per heavy atom. The van der Waals surface area contributed by atoms with E-state index in [9.17, 15) is 19.5 Å². The largest absolute Gasteiger partial charge is 0.479 e. The molecular weight excluding hydrogens is 592 g/mol. The second-order valence-corrected chi connectivity index (χ2v) is 14.7. The first-order valence-corrected chi connectivity index (χ1v) is 15.8. The van der Waals surface area contributed by atoms with Crippen LogP contribution in [0.1, 0.15) is 74.7 Å². The molecule has 6 aliphatic rings. The van der Waals surface area contributed by atoms with E-state index < -0.39 is 69.3 Å². The van der Waals surface area contributed by atoms with Gasteiger partial charge in [0, 0.05) is 33.7 Å². The zero-order valence-corrected chi connectivity index (χ0v) is 28.9. The monoisotopic (exact) mass is 640 g/mol. The molecule has 4 bridgehead atoms. The van der Waals surface area contributed by atoms with Crippen molar-refractivity contribution in [1.82, 2.24) is 0 Å². The number of Topliss-reactive ketones (excluding diaryl/α,β-unsaturated/α-hetero) is 2. The first-order chi connectivity index (χ1) is 21.3. The van der Waals surface area contributed by atoms with Gasteiger partial charge in [0.15, 0.2) is 17.5 Å². The molecule has 1 saturated heterocycles. The van der Waals surface area contributed by atoms with Crippen molar-refractivity contribution >= 4 is 17.5 Å². The Morgan fingerprint density at radius 2 is 1.63 bits per heavy atom. The van der Waals surface area contributed by atoms with Gasteiger partial charge in [-0.2, -0.15) is 0 Å². The van der Waals surface area contributed by atoms with E-state index >= 15 is 0 Å². The molecule has 0 amide bonds. The summed E-state index contributed by atoms with van der Waals surface area (Å²) in [6.07, 6.45) is 7.66. The molecule has 0 aromatic rings. The van der Waals surface area contributed by atoms with E-state index in [0.29, 0.717) is 5.57 Å². The lowest BCUT2D eigenvalue weighted by atomic mass is 9.51. The maximum absolute atomic E-state index is 14.5. The van der Waals surface area contributed by atoms with Crippen molar-refractivity contribution < 1.29 is 47.9 Å². The van der Waals surface area contributed by atoms with Crippen LogP contribution in [0.25, 0.3) is 0 Å². The highest BCUT2D eigenvalue weighted by Gasteiger charge is 2.82. The molecule has 10 nitrogen and oxygen atoms in total. The van der Waals surface area contributed by atoms with Crippen LogP contribution >= 0.6 is 0 Å². The average molecular weight is 641 g/mol. The number of methoxy groups -OCH3 is 3. The van der Waals surface area contributed by atoms with Gasteiger partial charge in [0.1, 0.15) is 16.8 Å². The van der Waals surface area contributed by atoms with Gasteiger partial charge in [-0.15, -0.1) is 0 Å². The maximum Gasteiger partial charge on any atom is 0.337 e. The summed E-state index contributed by atoms with van der Waals surface area (Å²) >= 11 is 0. The van der Waals surface area contributed by atoms with E-state index in [4.69, 9.17) is 28.4 Å². The van der Waals surface area contributed by atoms with Crippen LogP contribution in [0, 0.1) is 11.8 Å². The average Bonchev–Trinajstić information content (AvgIpc) is 3.12. The van der Waals surface area contributed by atoms with Crippen molar-refractivity contribution in [2.75, 3.05) is 21.3 Å². The second kappa shape index (κ2) is 11.1. The Bertz CT molecular complexity index is 1500. The number of aliphatic hydroxyl groups is 1. The van der Waals surface area contributed by atoms with Gasteiger partial charge in [-0.05, 0) is 86.5 Å². The molecule has 2 fully saturated rings. The van der Waals surface area contributed by atoms with E-state index in [-0.39, 0.29) is 30.6 Å². The van der Waals surface area contributed by atoms with Gasteiger partial charge >= 0.3 is 5.97 Å². The molecule has 6 rings (SSSR count). The molecule has 1 saturated carbocycles. The van der Waals surface area contributed by atoms with Crippen LogP contribution in [0.5, 0.6) is 0 Å². The number of carbonyl (C=O) groups is 3. The zero-order valence-electron chi connectivity index (χ0n) is 28.9. The van der Waals surface area contributed by atoms with Crippen LogP contribution in [0.2, 0.25) is 0 Å². The summed E-state index contributed by atoms with van der Waals surface area (Å²) in [5, 5.41) is 12.7. The molecule has 0 spiro atoms. The van der Waals surface area contributed by atoms with Crippen LogP contribution in [0.4, 0.5) is 0 Å². The minimum Gasteiger partial charge on any atom is -0.479 e. The Labute approximate surface area is 271 Å². The standard InChI is InChI=1S/C36H48O10/c1-20(2)12-13-22-27(26(37)28-23(36(22,42-10)43-11)15-16-31(5,6)45-28)44-29(38)24-18-33(41-9)19-25-32(7,8)46-34(30(33)39,35(24,25)40)17-14-21(3)4/h12,14-16,18,22,25,27,40H,13,17,19H2,1-11H3/t22-,25-,27-,33-,34?,35-/m0/s1. The van der Waals surface area contributed by atoms with E-state index in [2.05, 4.69) is 0 Å². The van der Waals surface area contributed by atoms with Crippen molar-refractivity contribution in [3.8, 4) is 0 Å². The molecule has 1 N–H and O–H groups in total. The summed E-state index contributed by atoms with van der Waals surface area (Å²) in [4.78, 5) is 43.1. The molecule has 10 heteroatoms. The molecule has 252 valence electrons. The van der Waals surface area contributed by atoms with Gasteiger partial charge in [0.05, 0.1) is 22.7 Å². The van der Waals surface area contributed by atoms with Crippen molar-refractivity contribution in [3.63, 3.8) is 0 Å². The molecule has 46 heavy (non-hydrogen) atoms. The zero-order chi connectivity index (χ0) is 34.3. The lowest BCUT2D eigenvalue weighted by Crippen LogP contribution is -2.74. The van der Waals surface area contributed by atoms with Crippen LogP contribution in [0.15, 0.2) is 58.4 Å². The van der Waals surface area contributed by atoms with Gasteiger partial charge in [-0.3, -0.25) is 9.59 Å². The first-order valence-electron chi connectivity index (χ1n) is 15.8. The predicted molar refractivity (Wildman–Crippen MR) is 168 cm³/mol. The Balaban J connectivity index is 1.66. The van der Waals surface area contributed by atoms with Crippen LogP contribution in [-0.4, -0.2) is 83.9 Å². The topological polar surface area (TPSA) is 127 Å². The van der Waals surface area contributed by atoms with E-state index in [1.54, 1.807) is 19.9 Å². The number of esters is 1. The second-order valence-electron chi connectivity index (χ2n) is 14.7. The normalized spacial score (nSPS) is 36.1. The van der Waals surface area contributed by atoms with Crippen molar-refractivity contribution in [2.45, 2.75) is 115 Å². The van der Waals surface area contributed by atoms with Gasteiger partial charge in [-0.1, -0.05) is 23.3 Å². The van der Waals surface area contributed by atoms with Crippen LogP contribution in [-0.2, 0) is 42.8 Å². The SMILES string of the molecule is COC1(OC)C2=C(OC(C)(C)C=C2)C(=O)[C@@H](OC(=O)C2=C[C@]3(OC)C[C@H]4C(C)(C)OC(CC=C(C)C)(C3=O)[C@]24O)[C@@H]1CC=C(C)C. The quantitative estimate of drug-likeness (QED) is 0.217. The third-order valence-electron chi connectivity index (χ3n) is 10.4. The lowest BCUT2D eigenvalue weighted by molar-refractivity contribution is -0.239. The number of ketones is 2. The van der Waals surface area contributed by atoms with Gasteiger partial charge < -0.3 is 33.5 Å². The number of ether oxygens (including phenoxy) is 6. The van der Waals surface area contributed by atoms with E-state index in [1.165, 1.54) is 27.4 Å². The van der Waals surface area contributed by atoms with E-state index in [1.807, 2.05) is 59.8 Å². The molecule has 2 aliphatic heterocycles. The molecule has 0 aromatic carbocycles. The number of hydrogen-bond acceptors (Lipinski definition) is 10. The molecule has 2 heterocycles. The molecular formula is C36H48O10. The van der Waals surface area contributed by atoms with Crippen LogP contribution in [0.3, 0.4) is 0 Å². The fourth-order valence-corrected chi connectivity index (χ4v) is 8.14. The van der Waals surface area contributed by atoms with Gasteiger partial charge in [-0.25, -0.2) is 4.79 Å². The van der Waals surface area contributed by atoms with E-state index in [0.717, 1.165) is 11.1 Å². The molecule has 1 unspecified atom stereocenters. The highest BCUT2D eigenvalue weighted by atomic mass is 16.7. The lowest BCUT2D eigenvalue weighted by Gasteiger charge is -2.55. The highest BCUT2D eigenvalue weighted by Crippen LogP contribution is 2.66. The van der Waals surface area contributed by atoms with Crippen molar-refractivity contribution in [2.24, 2.45) is 11.8 Å². The number of hydrogen-bond donors (Lipinski definition) is 1. The molecule has 6 atom stereocenters. The number of allylic oxidation sites excluding steroid dienone is 3. The third-order valence-corrected chi connectivity index (χ3v) is 10.4. The summed E-state index contributed by atoms with van der Waals surface area (Å²) in [5.74, 6) is -5.02. The van der Waals surface area contributed by atoms with Gasteiger partial charge in [0.2, 0.25) is 17.4 Å². The summed E-state index contributed by atoms with van der Waals surface area (Å²) < 4.78 is 36.8. The third kappa shape index (κ3) is 4.66. The molecule has 4 aliphatic carbocycles. The predicted octanol–water partition coefficient (Wildman–Crippen LogP) is 4.61. The highest BCUT2D eigenvalue weighted by molar-refractivity contribution is 6.09. The Morgan fingerprint density at radius 1 is 1.00 bits per heavy atom. The van der Waals surface area contributed by atoms with Crippen molar-refractivity contribution in [1.29, 1.82) is 0 Å². The minimum atomic E-state index is -2.06. The Hall–Kier alpha value is -2.89. The molecule has 0 radical (unpaired) electrons. The summed E-state index contributed by atoms with van der Waals surface area (Å²) in [6, 6.07) is 0. The van der Waals surface area contributed by atoms with Crippen molar-refractivity contribution in [3.05, 3.63) is 58.4 Å². The number of carbonyl (C=O) groups excluding carboxylic acids is 3. The smallest absolute Gasteiger partial charge is 0.337 e. The summed E-state index contributed by atoms with van der Waals surface area (Å²) in [6.45, 7) is 14.8. The Kier molecular flexibility index (Phi) is 8.30. The molecule has 0 aromatic heterocycles. The minimum absolute atomic E-state index is 0.0200. The van der Waals surface area contributed by atoms with Gasteiger partial charge in [0.25, 0.3) is 0 Å². The fourth-order valence-electron chi connectivity index (χ4n) is 8.14.